The van der Waals surface area contributed by atoms with Gasteiger partial charge in [0.25, 0.3) is 6.43 Å². The van der Waals surface area contributed by atoms with Gasteiger partial charge in [0, 0.05) is 50.6 Å². The monoisotopic (exact) mass is 496 g/mol. The first-order chi connectivity index (χ1) is 16.8. The third-order valence-electron chi connectivity index (χ3n) is 5.80. The third kappa shape index (κ3) is 6.06. The van der Waals surface area contributed by atoms with Crippen LogP contribution in [0.5, 0.6) is 0 Å². The number of hydroxylamine groups is 2. The molecule has 188 valence electrons. The van der Waals surface area contributed by atoms with Crippen molar-refractivity contribution >= 4 is 23.3 Å². The Hall–Kier alpha value is -3.25. The Bertz CT molecular complexity index is 1040. The molecule has 3 heterocycles. The quantitative estimate of drug-likeness (QED) is 0.518. The van der Waals surface area contributed by atoms with Gasteiger partial charge in [-0.15, -0.1) is 0 Å². The lowest BCUT2D eigenvalue weighted by molar-refractivity contribution is -0.154. The van der Waals surface area contributed by atoms with E-state index in [1.165, 1.54) is 0 Å². The lowest BCUT2D eigenvalue weighted by Crippen LogP contribution is -2.32. The Balaban J connectivity index is 1.40. The summed E-state index contributed by atoms with van der Waals surface area (Å²) in [5.41, 5.74) is 0.657. The molecule has 2 aliphatic heterocycles. The van der Waals surface area contributed by atoms with Crippen LogP contribution in [0, 0.1) is 11.6 Å². The van der Waals surface area contributed by atoms with Crippen molar-refractivity contribution in [2.75, 3.05) is 42.6 Å². The smallest absolute Gasteiger partial charge is 0.414 e. The Morgan fingerprint density at radius 2 is 1.94 bits per heavy atom. The van der Waals surface area contributed by atoms with E-state index in [1.54, 1.807) is 22.4 Å². The lowest BCUT2D eigenvalue weighted by atomic mass is 10.1. The number of pyridine rings is 1. The van der Waals surface area contributed by atoms with Crippen LogP contribution >= 0.6 is 0 Å². The van der Waals surface area contributed by atoms with Crippen molar-refractivity contribution in [3.05, 3.63) is 53.9 Å². The molecule has 1 atom stereocenters. The van der Waals surface area contributed by atoms with E-state index < -0.39 is 42.5 Å². The lowest BCUT2D eigenvalue weighted by Gasteiger charge is -2.24. The number of carbonyl (C=O) groups is 2. The van der Waals surface area contributed by atoms with Gasteiger partial charge in [-0.25, -0.2) is 22.4 Å². The van der Waals surface area contributed by atoms with E-state index in [9.17, 15) is 18.4 Å². The van der Waals surface area contributed by atoms with E-state index in [4.69, 9.17) is 9.57 Å². The highest BCUT2D eigenvalue weighted by Gasteiger charge is 2.34. The topological polar surface area (TPSA) is 75.2 Å². The van der Waals surface area contributed by atoms with Gasteiger partial charge in [-0.1, -0.05) is 6.07 Å². The number of alkyl halides is 2. The summed E-state index contributed by atoms with van der Waals surface area (Å²) in [5.74, 6) is -2.96. The molecule has 2 fully saturated rings. The zero-order valence-electron chi connectivity index (χ0n) is 18.7. The van der Waals surface area contributed by atoms with Gasteiger partial charge in [-0.05, 0) is 18.1 Å². The van der Waals surface area contributed by atoms with Gasteiger partial charge in [-0.2, -0.15) is 5.06 Å². The Kier molecular flexibility index (Phi) is 7.81. The summed E-state index contributed by atoms with van der Waals surface area (Å²) in [6.45, 7) is 1.55. The first-order valence-electron chi connectivity index (χ1n) is 11.1. The molecule has 1 aromatic heterocycles. The van der Waals surface area contributed by atoms with Crippen LogP contribution in [0.4, 0.5) is 33.7 Å². The summed E-state index contributed by atoms with van der Waals surface area (Å²) in [5, 5.41) is 1.71. The van der Waals surface area contributed by atoms with E-state index in [0.29, 0.717) is 19.6 Å². The zero-order chi connectivity index (χ0) is 24.9. The molecule has 1 aromatic carbocycles. The van der Waals surface area contributed by atoms with Crippen molar-refractivity contribution in [3.8, 4) is 0 Å². The minimum absolute atomic E-state index is 0.0549. The van der Waals surface area contributed by atoms with E-state index in [2.05, 4.69) is 4.98 Å². The molecular formula is C23H24F4N4O4. The molecule has 8 nitrogen and oxygen atoms in total. The SMILES string of the molecule is O=C(CC[C@H]1CN(c2cc(F)c(N3CCON(Cc4cccnc4)CC3)c(F)c2)C(=O)O1)C(F)F. The minimum atomic E-state index is -3.09. The first-order valence-corrected chi connectivity index (χ1v) is 11.1. The van der Waals surface area contributed by atoms with Gasteiger partial charge in [0.2, 0.25) is 0 Å². The van der Waals surface area contributed by atoms with Crippen molar-refractivity contribution in [1.29, 1.82) is 0 Å². The van der Waals surface area contributed by atoms with Gasteiger partial charge >= 0.3 is 6.09 Å². The van der Waals surface area contributed by atoms with Gasteiger partial charge in [0.1, 0.15) is 11.8 Å². The average Bonchev–Trinajstić information content (AvgIpc) is 3.05. The molecule has 1 amide bonds. The van der Waals surface area contributed by atoms with Gasteiger partial charge < -0.3 is 9.64 Å². The van der Waals surface area contributed by atoms with Crippen molar-refractivity contribution in [1.82, 2.24) is 10.0 Å². The van der Waals surface area contributed by atoms with Crippen LogP contribution in [-0.2, 0) is 20.9 Å². The van der Waals surface area contributed by atoms with E-state index in [0.717, 1.165) is 22.6 Å². The molecule has 0 spiro atoms. The zero-order valence-corrected chi connectivity index (χ0v) is 18.7. The summed E-state index contributed by atoms with van der Waals surface area (Å²) in [6.07, 6.45) is -1.96. The molecule has 4 rings (SSSR count). The predicted molar refractivity (Wildman–Crippen MR) is 117 cm³/mol. The normalized spacial score (nSPS) is 19.2. The number of Topliss-reactive ketones (excluding diaryl/α,β-unsaturated/α-hetero) is 1. The van der Waals surface area contributed by atoms with Crippen LogP contribution in [0.2, 0.25) is 0 Å². The summed E-state index contributed by atoms with van der Waals surface area (Å²) in [7, 11) is 0. The number of halogens is 4. The number of rotatable bonds is 8. The van der Waals surface area contributed by atoms with Crippen LogP contribution in [-0.4, -0.2) is 67.2 Å². The molecule has 0 bridgehead atoms. The minimum Gasteiger partial charge on any atom is -0.444 e. The second-order valence-corrected chi connectivity index (χ2v) is 8.23. The summed E-state index contributed by atoms with van der Waals surface area (Å²) in [4.78, 5) is 35.6. The van der Waals surface area contributed by atoms with Crippen molar-refractivity contribution in [2.24, 2.45) is 0 Å². The summed E-state index contributed by atoms with van der Waals surface area (Å²) < 4.78 is 59.9. The maximum Gasteiger partial charge on any atom is 0.414 e. The molecule has 35 heavy (non-hydrogen) atoms. The number of aromatic nitrogens is 1. The van der Waals surface area contributed by atoms with Crippen LogP contribution in [0.1, 0.15) is 18.4 Å². The van der Waals surface area contributed by atoms with Crippen LogP contribution in [0.3, 0.4) is 0 Å². The van der Waals surface area contributed by atoms with Crippen molar-refractivity contribution < 1.29 is 36.7 Å². The number of ketones is 1. The molecule has 0 saturated carbocycles. The fraction of sp³-hybridized carbons (Fsp3) is 0.435. The number of cyclic esters (lactones) is 1. The largest absolute Gasteiger partial charge is 0.444 e. The maximum atomic E-state index is 15.0. The first kappa shape index (κ1) is 24.9. The van der Waals surface area contributed by atoms with E-state index in [-0.39, 0.29) is 37.5 Å². The molecule has 0 radical (unpaired) electrons. The highest BCUT2D eigenvalue weighted by Crippen LogP contribution is 2.32. The molecular weight excluding hydrogens is 472 g/mol. The molecule has 2 aliphatic rings. The molecule has 2 saturated heterocycles. The standard InChI is InChI=1S/C23H24F4N4O4/c24-18-10-16(31-14-17(35-23(31)33)3-4-20(32)22(26)27)11-19(25)21(18)29-6-7-30(34-9-8-29)13-15-2-1-5-28-12-15/h1-2,5,10-12,17,22H,3-4,6-9,13-14H2/t17-/m0/s1. The molecule has 0 N–H and O–H groups in total. The fourth-order valence-corrected chi connectivity index (χ4v) is 4.04. The van der Waals surface area contributed by atoms with Gasteiger partial charge in [0.05, 0.1) is 25.4 Å². The average molecular weight is 496 g/mol. The Morgan fingerprint density at radius 3 is 2.63 bits per heavy atom. The van der Waals surface area contributed by atoms with Crippen molar-refractivity contribution in [3.63, 3.8) is 0 Å². The molecule has 0 aliphatic carbocycles. The second-order valence-electron chi connectivity index (χ2n) is 8.23. The Morgan fingerprint density at radius 1 is 1.17 bits per heavy atom. The highest BCUT2D eigenvalue weighted by molar-refractivity contribution is 5.90. The summed E-state index contributed by atoms with van der Waals surface area (Å²) >= 11 is 0. The summed E-state index contributed by atoms with van der Waals surface area (Å²) in [6, 6.07) is 5.78. The van der Waals surface area contributed by atoms with Crippen LogP contribution in [0.25, 0.3) is 0 Å². The number of ether oxygens (including phenoxy) is 1. The van der Waals surface area contributed by atoms with Crippen LogP contribution in [0.15, 0.2) is 36.7 Å². The van der Waals surface area contributed by atoms with E-state index in [1.807, 2.05) is 12.1 Å². The third-order valence-corrected chi connectivity index (χ3v) is 5.80. The molecule has 2 aromatic rings. The van der Waals surface area contributed by atoms with Gasteiger partial charge in [-0.3, -0.25) is 19.5 Å². The maximum absolute atomic E-state index is 15.0. The molecule has 12 heteroatoms. The highest BCUT2D eigenvalue weighted by atomic mass is 19.3. The number of amides is 1. The fourth-order valence-electron chi connectivity index (χ4n) is 4.04. The number of benzene rings is 1. The van der Waals surface area contributed by atoms with Crippen molar-refractivity contribution in [2.45, 2.75) is 31.9 Å². The number of carbonyl (C=O) groups excluding carboxylic acids is 2. The Labute approximate surface area is 199 Å². The molecule has 0 unspecified atom stereocenters. The number of hydrogen-bond donors (Lipinski definition) is 0. The second kappa shape index (κ2) is 11.0. The number of hydrogen-bond acceptors (Lipinski definition) is 7. The number of anilines is 2. The van der Waals surface area contributed by atoms with E-state index >= 15 is 8.78 Å². The predicted octanol–water partition coefficient (Wildman–Crippen LogP) is 3.55. The van der Waals surface area contributed by atoms with Gasteiger partial charge in [0.15, 0.2) is 17.4 Å². The number of nitrogens with zero attached hydrogens (tertiary/aromatic N) is 4. The van der Waals surface area contributed by atoms with Crippen LogP contribution < -0.4 is 9.80 Å².